The third kappa shape index (κ3) is 29.5. The van der Waals surface area contributed by atoms with Crippen LogP contribution in [0.15, 0.2) is 163 Å². The Bertz CT molecular complexity index is 1760. The second-order valence-electron chi connectivity index (χ2n) is 14.4. The summed E-state index contributed by atoms with van der Waals surface area (Å²) in [5.74, 6) is -0.264. The van der Waals surface area contributed by atoms with E-state index in [1.807, 2.05) is 18.2 Å². The van der Waals surface area contributed by atoms with E-state index in [0.29, 0.717) is 38.5 Å². The van der Waals surface area contributed by atoms with Crippen molar-refractivity contribution in [3.8, 4) is 0 Å². The second-order valence-corrected chi connectivity index (χ2v) is 14.4. The third-order valence-corrected chi connectivity index (χ3v) is 9.17. The van der Waals surface area contributed by atoms with Crippen LogP contribution in [0.5, 0.6) is 0 Å². The number of rotatable bonds is 32. The number of nitrogens with one attached hydrogen (secondary N) is 1. The number of aromatic nitrogens is 2. The van der Waals surface area contributed by atoms with Crippen molar-refractivity contribution in [2.45, 2.75) is 142 Å². The van der Waals surface area contributed by atoms with Crippen LogP contribution in [0, 0.1) is 0 Å². The quantitative estimate of drug-likeness (QED) is 0.0573. The highest BCUT2D eigenvalue weighted by Gasteiger charge is 2.28. The molecule has 1 aliphatic heterocycles. The Labute approximate surface area is 367 Å². The maximum Gasteiger partial charge on any atom is 0.351 e. The largest absolute Gasteiger partial charge is 0.463 e. The summed E-state index contributed by atoms with van der Waals surface area (Å²) in [6.07, 6.45) is 67.0. The first-order valence-electron chi connectivity index (χ1n) is 22.5. The molecule has 2 atom stereocenters. The molecule has 8 heteroatoms. The molecule has 1 aromatic rings. The molecular formula is C53H73N3O5. The van der Waals surface area contributed by atoms with Gasteiger partial charge < -0.3 is 14.8 Å². The molecule has 1 saturated heterocycles. The number of hydrogen-bond donors (Lipinski definition) is 1. The fourth-order valence-corrected chi connectivity index (χ4v) is 5.87. The summed E-state index contributed by atoms with van der Waals surface area (Å²) in [5.41, 5.74) is -0.506. The number of esters is 1. The van der Waals surface area contributed by atoms with Crippen LogP contribution < -0.4 is 11.0 Å². The van der Waals surface area contributed by atoms with Crippen molar-refractivity contribution in [3.05, 3.63) is 169 Å². The van der Waals surface area contributed by atoms with Crippen LogP contribution >= 0.6 is 0 Å². The number of amides is 1. The molecular weight excluding hydrogens is 759 g/mol. The van der Waals surface area contributed by atoms with Gasteiger partial charge in [0.1, 0.15) is 18.7 Å². The molecule has 0 radical (unpaired) electrons. The van der Waals surface area contributed by atoms with E-state index in [-0.39, 0.29) is 30.4 Å². The number of nitrogens with zero attached hydrogens (tertiary/aromatic N) is 2. The van der Waals surface area contributed by atoms with E-state index < -0.39 is 11.9 Å². The monoisotopic (exact) mass is 832 g/mol. The van der Waals surface area contributed by atoms with Crippen molar-refractivity contribution in [3.63, 3.8) is 0 Å². The molecule has 2 heterocycles. The standard InChI is InChI=1S/C53H73N3O5/c1-3-5-7-9-11-13-15-17-19-21-23-25-27-29-31-33-35-37-39-41-50(57)54-49-45-46-56(53(59)55-49)51-44-43-48(61-51)47-60-52(58)42-40-38-36-34-32-30-28-26-24-22-20-18-16-14-12-10-8-6-4-2/h5-8,11-14,17-20,23-26,29-32,35-38,45-46,48,51H,3-4,9-10,15-16,21-22,27-28,33-34,39-44,47H2,1-2H3,(H,54,55,57,59)/t48-,51?/m0/s1. The molecule has 0 spiro atoms. The van der Waals surface area contributed by atoms with Crippen molar-refractivity contribution in [1.29, 1.82) is 0 Å². The van der Waals surface area contributed by atoms with E-state index >= 15 is 0 Å². The van der Waals surface area contributed by atoms with Gasteiger partial charge in [-0.25, -0.2) is 4.79 Å². The summed E-state index contributed by atoms with van der Waals surface area (Å²) in [7, 11) is 0. The highest BCUT2D eigenvalue weighted by atomic mass is 16.6. The average molecular weight is 832 g/mol. The zero-order valence-corrected chi connectivity index (χ0v) is 37.0. The number of carbonyl (C=O) groups excluding carboxylic acids is 2. The van der Waals surface area contributed by atoms with Gasteiger partial charge in [0.2, 0.25) is 5.91 Å². The molecule has 1 unspecified atom stereocenters. The minimum atomic E-state index is -0.506. The Morgan fingerprint density at radius 3 is 1.41 bits per heavy atom. The number of allylic oxidation sites excluding steroid dienone is 24. The molecule has 0 aromatic carbocycles. The summed E-state index contributed by atoms with van der Waals surface area (Å²) in [6, 6.07) is 1.60. The smallest absolute Gasteiger partial charge is 0.351 e. The van der Waals surface area contributed by atoms with Crippen molar-refractivity contribution in [1.82, 2.24) is 9.55 Å². The van der Waals surface area contributed by atoms with Gasteiger partial charge in [0.05, 0.1) is 6.10 Å². The first-order valence-corrected chi connectivity index (χ1v) is 22.5. The maximum absolute atomic E-state index is 12.8. The van der Waals surface area contributed by atoms with Crippen LogP contribution in [-0.2, 0) is 19.1 Å². The summed E-state index contributed by atoms with van der Waals surface area (Å²) in [5, 5.41) is 2.71. The van der Waals surface area contributed by atoms with Gasteiger partial charge in [0.25, 0.3) is 0 Å². The Hall–Kier alpha value is -5.34. The van der Waals surface area contributed by atoms with Crippen LogP contribution in [0.25, 0.3) is 0 Å². The van der Waals surface area contributed by atoms with Gasteiger partial charge in [-0.1, -0.05) is 160 Å². The zero-order valence-electron chi connectivity index (χ0n) is 37.0. The van der Waals surface area contributed by atoms with E-state index in [0.717, 1.165) is 77.0 Å². The predicted molar refractivity (Wildman–Crippen MR) is 256 cm³/mol. The molecule has 1 fully saturated rings. The molecule has 0 bridgehead atoms. The van der Waals surface area contributed by atoms with Gasteiger partial charge in [-0.15, -0.1) is 0 Å². The van der Waals surface area contributed by atoms with Gasteiger partial charge >= 0.3 is 11.7 Å². The van der Waals surface area contributed by atoms with Crippen LogP contribution in [0.3, 0.4) is 0 Å². The zero-order chi connectivity index (χ0) is 43.7. The lowest BCUT2D eigenvalue weighted by Crippen LogP contribution is -2.28. The average Bonchev–Trinajstić information content (AvgIpc) is 3.73. The van der Waals surface area contributed by atoms with E-state index in [9.17, 15) is 14.4 Å². The van der Waals surface area contributed by atoms with Crippen LogP contribution in [-0.4, -0.2) is 34.1 Å². The first kappa shape index (κ1) is 51.8. The Balaban J connectivity index is 1.52. The van der Waals surface area contributed by atoms with Crippen LogP contribution in [0.1, 0.15) is 136 Å². The topological polar surface area (TPSA) is 99.5 Å². The fourth-order valence-electron chi connectivity index (χ4n) is 5.87. The lowest BCUT2D eigenvalue weighted by molar-refractivity contribution is -0.148. The van der Waals surface area contributed by atoms with E-state index in [4.69, 9.17) is 9.47 Å². The third-order valence-electron chi connectivity index (χ3n) is 9.17. The van der Waals surface area contributed by atoms with Gasteiger partial charge in [0, 0.05) is 19.0 Å². The lowest BCUT2D eigenvalue weighted by Gasteiger charge is -2.16. The SMILES string of the molecule is CCC=CCC=CCC=CCC=CCC=CCC=CCCC(=O)Nc1ccn(C2CC[C@@H](COC(=O)CCC=CCC=CCC=CCC=CCC=CCC=CCC)O2)c(=O)n1. The Morgan fingerprint density at radius 2 is 1.00 bits per heavy atom. The molecule has 1 aliphatic rings. The maximum atomic E-state index is 12.8. The molecule has 0 saturated carbocycles. The molecule has 1 aromatic heterocycles. The van der Waals surface area contributed by atoms with Crippen molar-refractivity contribution >= 4 is 17.7 Å². The van der Waals surface area contributed by atoms with E-state index in [2.05, 4.69) is 152 Å². The van der Waals surface area contributed by atoms with Crippen LogP contribution in [0.4, 0.5) is 5.82 Å². The highest BCUT2D eigenvalue weighted by molar-refractivity contribution is 5.89. The minimum absolute atomic E-state index is 0.145. The molecule has 330 valence electrons. The minimum Gasteiger partial charge on any atom is -0.463 e. The molecule has 0 aliphatic carbocycles. The Kier molecular flexibility index (Phi) is 32.0. The van der Waals surface area contributed by atoms with Gasteiger partial charge in [0.15, 0.2) is 0 Å². The fraction of sp³-hybridized carbons (Fsp3) is 0.434. The van der Waals surface area contributed by atoms with Crippen LogP contribution in [0.2, 0.25) is 0 Å². The molecule has 8 nitrogen and oxygen atoms in total. The van der Waals surface area contributed by atoms with Crippen molar-refractivity contribution in [2.24, 2.45) is 0 Å². The highest BCUT2D eigenvalue weighted by Crippen LogP contribution is 2.27. The van der Waals surface area contributed by atoms with Gasteiger partial charge in [-0.2, -0.15) is 4.98 Å². The summed E-state index contributed by atoms with van der Waals surface area (Å²) in [4.78, 5) is 41.5. The summed E-state index contributed by atoms with van der Waals surface area (Å²) in [6.45, 7) is 4.44. The number of hydrogen-bond acceptors (Lipinski definition) is 6. The number of carbonyl (C=O) groups is 2. The summed E-state index contributed by atoms with van der Waals surface area (Å²) >= 11 is 0. The second kappa shape index (κ2) is 37.6. The van der Waals surface area contributed by atoms with Crippen molar-refractivity contribution < 1.29 is 19.1 Å². The molecule has 61 heavy (non-hydrogen) atoms. The van der Waals surface area contributed by atoms with Gasteiger partial charge in [-0.05, 0) is 109 Å². The molecule has 2 rings (SSSR count). The predicted octanol–water partition coefficient (Wildman–Crippen LogP) is 13.4. The Morgan fingerprint density at radius 1 is 0.607 bits per heavy atom. The van der Waals surface area contributed by atoms with E-state index in [1.165, 1.54) is 4.57 Å². The summed E-state index contributed by atoms with van der Waals surface area (Å²) < 4.78 is 12.9. The van der Waals surface area contributed by atoms with E-state index in [1.54, 1.807) is 12.3 Å². The lowest BCUT2D eigenvalue weighted by atomic mass is 10.2. The molecule has 1 amide bonds. The number of anilines is 1. The normalized spacial score (nSPS) is 16.7. The number of ether oxygens (including phenoxy) is 2. The van der Waals surface area contributed by atoms with Gasteiger partial charge in [-0.3, -0.25) is 14.2 Å². The van der Waals surface area contributed by atoms with Crippen molar-refractivity contribution in [2.75, 3.05) is 11.9 Å². The molecule has 1 N–H and O–H groups in total. The first-order chi connectivity index (χ1) is 30.0.